The van der Waals surface area contributed by atoms with Crippen LogP contribution < -0.4 is 10.1 Å². The van der Waals surface area contributed by atoms with Gasteiger partial charge in [0.2, 0.25) is 0 Å². The fourth-order valence-electron chi connectivity index (χ4n) is 1.92. The highest BCUT2D eigenvalue weighted by molar-refractivity contribution is 5.83. The van der Waals surface area contributed by atoms with Gasteiger partial charge in [-0.15, -0.1) is 6.42 Å². The summed E-state index contributed by atoms with van der Waals surface area (Å²) in [5.41, 5.74) is 0.684. The van der Waals surface area contributed by atoms with Gasteiger partial charge in [0.15, 0.2) is 0 Å². The molecule has 1 atom stereocenters. The largest absolute Gasteiger partial charge is 0.496 e. The van der Waals surface area contributed by atoms with E-state index in [1.54, 1.807) is 14.0 Å². The quantitative estimate of drug-likeness (QED) is 0.646. The third-order valence-corrected chi connectivity index (χ3v) is 3.03. The molecular formula is C15H19NO3. The minimum Gasteiger partial charge on any atom is -0.496 e. The van der Waals surface area contributed by atoms with Crippen LogP contribution in [0.2, 0.25) is 0 Å². The first-order chi connectivity index (χ1) is 8.99. The summed E-state index contributed by atoms with van der Waals surface area (Å²) in [5, 5.41) is 3.02. The molecule has 0 aliphatic rings. The van der Waals surface area contributed by atoms with Crippen LogP contribution in [0.3, 0.4) is 0 Å². The van der Waals surface area contributed by atoms with Gasteiger partial charge in [-0.1, -0.05) is 17.6 Å². The van der Waals surface area contributed by atoms with Gasteiger partial charge in [0.05, 0.1) is 20.8 Å². The predicted molar refractivity (Wildman–Crippen MR) is 73.9 cm³/mol. The molecule has 0 aliphatic carbocycles. The average Bonchev–Trinajstić information content (AvgIpc) is 2.43. The van der Waals surface area contributed by atoms with Crippen LogP contribution in [0.5, 0.6) is 5.75 Å². The number of rotatable bonds is 5. The van der Waals surface area contributed by atoms with Crippen LogP contribution >= 0.6 is 0 Å². The first-order valence-corrected chi connectivity index (χ1v) is 5.91. The monoisotopic (exact) mass is 261 g/mol. The number of aryl methyl sites for hydroxylation is 1. The van der Waals surface area contributed by atoms with Crippen LogP contribution in [0.15, 0.2) is 18.2 Å². The molecule has 1 rings (SSSR count). The van der Waals surface area contributed by atoms with Crippen molar-refractivity contribution in [3.05, 3.63) is 29.3 Å². The van der Waals surface area contributed by atoms with Crippen molar-refractivity contribution in [2.75, 3.05) is 20.8 Å². The Morgan fingerprint density at radius 1 is 1.47 bits per heavy atom. The zero-order valence-corrected chi connectivity index (χ0v) is 11.7. The van der Waals surface area contributed by atoms with Gasteiger partial charge >= 0.3 is 5.97 Å². The van der Waals surface area contributed by atoms with Gasteiger partial charge in [0, 0.05) is 5.56 Å². The van der Waals surface area contributed by atoms with Crippen LogP contribution in [0.4, 0.5) is 0 Å². The lowest BCUT2D eigenvalue weighted by Gasteiger charge is -2.29. The van der Waals surface area contributed by atoms with Crippen LogP contribution in [0, 0.1) is 19.3 Å². The molecule has 0 bridgehead atoms. The Bertz CT molecular complexity index is 505. The number of ether oxygens (including phenoxy) is 2. The van der Waals surface area contributed by atoms with Crippen LogP contribution in [0.1, 0.15) is 18.1 Å². The summed E-state index contributed by atoms with van der Waals surface area (Å²) >= 11 is 0. The molecule has 102 valence electrons. The number of methoxy groups -OCH3 is 2. The fraction of sp³-hybridized carbons (Fsp3) is 0.400. The van der Waals surface area contributed by atoms with Crippen molar-refractivity contribution < 1.29 is 14.3 Å². The molecule has 0 heterocycles. The molecule has 0 saturated heterocycles. The van der Waals surface area contributed by atoms with Gasteiger partial charge in [0.1, 0.15) is 11.3 Å². The Kier molecular flexibility index (Phi) is 4.96. The van der Waals surface area contributed by atoms with Gasteiger partial charge in [0.25, 0.3) is 0 Å². The number of carbonyl (C=O) groups is 1. The van der Waals surface area contributed by atoms with Crippen molar-refractivity contribution >= 4 is 5.97 Å². The summed E-state index contributed by atoms with van der Waals surface area (Å²) in [6.07, 6.45) is 5.26. The molecule has 4 heteroatoms. The number of esters is 1. The van der Waals surface area contributed by atoms with E-state index in [1.165, 1.54) is 7.11 Å². The standard InChI is InChI=1S/C15H19NO3/c1-6-9-16-15(3,14(17)19-5)12-10-11(2)7-8-13(12)18-4/h1,7-8,10,16H,9H2,2-5H3. The highest BCUT2D eigenvalue weighted by Crippen LogP contribution is 2.31. The Labute approximate surface area is 114 Å². The van der Waals surface area contributed by atoms with E-state index in [0.717, 1.165) is 5.56 Å². The average molecular weight is 261 g/mol. The highest BCUT2D eigenvalue weighted by atomic mass is 16.5. The predicted octanol–water partition coefficient (Wildman–Crippen LogP) is 1.61. The number of benzene rings is 1. The van der Waals surface area contributed by atoms with E-state index in [0.29, 0.717) is 11.3 Å². The summed E-state index contributed by atoms with van der Waals surface area (Å²) in [6.45, 7) is 3.93. The Balaban J connectivity index is 3.36. The SMILES string of the molecule is C#CCNC(C)(C(=O)OC)c1cc(C)ccc1OC. The first kappa shape index (κ1) is 15.1. The molecule has 1 N–H and O–H groups in total. The lowest BCUT2D eigenvalue weighted by atomic mass is 9.89. The van der Waals surface area contributed by atoms with Crippen molar-refractivity contribution in [1.29, 1.82) is 0 Å². The molecule has 4 nitrogen and oxygen atoms in total. The van der Waals surface area contributed by atoms with Crippen molar-refractivity contribution in [1.82, 2.24) is 5.32 Å². The van der Waals surface area contributed by atoms with E-state index >= 15 is 0 Å². The zero-order valence-electron chi connectivity index (χ0n) is 11.7. The zero-order chi connectivity index (χ0) is 14.5. The number of nitrogens with one attached hydrogen (secondary N) is 1. The fourth-order valence-corrected chi connectivity index (χ4v) is 1.92. The van der Waals surface area contributed by atoms with Crippen LogP contribution in [-0.4, -0.2) is 26.7 Å². The van der Waals surface area contributed by atoms with E-state index in [2.05, 4.69) is 11.2 Å². The van der Waals surface area contributed by atoms with E-state index in [-0.39, 0.29) is 6.54 Å². The Hall–Kier alpha value is -1.99. The van der Waals surface area contributed by atoms with E-state index < -0.39 is 11.5 Å². The lowest BCUT2D eigenvalue weighted by Crippen LogP contribution is -2.47. The maximum atomic E-state index is 12.1. The summed E-state index contributed by atoms with van der Waals surface area (Å²) in [7, 11) is 2.91. The molecule has 0 amide bonds. The second-order valence-corrected chi connectivity index (χ2v) is 4.38. The number of hydrogen-bond acceptors (Lipinski definition) is 4. The molecule has 0 fully saturated rings. The minimum absolute atomic E-state index is 0.253. The second kappa shape index (κ2) is 6.26. The van der Waals surface area contributed by atoms with E-state index in [4.69, 9.17) is 15.9 Å². The maximum Gasteiger partial charge on any atom is 0.330 e. The third-order valence-electron chi connectivity index (χ3n) is 3.03. The normalized spacial score (nSPS) is 13.2. The van der Waals surface area contributed by atoms with Gasteiger partial charge in [-0.05, 0) is 26.0 Å². The number of terminal acetylenes is 1. The van der Waals surface area contributed by atoms with Crippen molar-refractivity contribution in [2.45, 2.75) is 19.4 Å². The van der Waals surface area contributed by atoms with Gasteiger partial charge in [-0.2, -0.15) is 0 Å². The molecule has 1 unspecified atom stereocenters. The molecule has 19 heavy (non-hydrogen) atoms. The van der Waals surface area contributed by atoms with Gasteiger partial charge in [-0.3, -0.25) is 5.32 Å². The maximum absolute atomic E-state index is 12.1. The number of hydrogen-bond donors (Lipinski definition) is 1. The molecule has 0 spiro atoms. The lowest BCUT2D eigenvalue weighted by molar-refractivity contribution is -0.148. The third kappa shape index (κ3) is 3.07. The minimum atomic E-state index is -1.04. The van der Waals surface area contributed by atoms with Crippen LogP contribution in [-0.2, 0) is 15.1 Å². The molecule has 0 saturated carbocycles. The summed E-state index contributed by atoms with van der Waals surface area (Å²) in [6, 6.07) is 5.63. The molecule has 0 aliphatic heterocycles. The van der Waals surface area contributed by atoms with Gasteiger partial charge in [-0.25, -0.2) is 4.79 Å². The molecule has 1 aromatic rings. The first-order valence-electron chi connectivity index (χ1n) is 5.91. The highest BCUT2D eigenvalue weighted by Gasteiger charge is 2.38. The molecule has 0 radical (unpaired) electrons. The van der Waals surface area contributed by atoms with Crippen molar-refractivity contribution in [3.63, 3.8) is 0 Å². The van der Waals surface area contributed by atoms with E-state index in [9.17, 15) is 4.79 Å². The van der Waals surface area contributed by atoms with Gasteiger partial charge < -0.3 is 9.47 Å². The number of carbonyl (C=O) groups excluding carboxylic acids is 1. The summed E-state index contributed by atoms with van der Waals surface area (Å²) in [4.78, 5) is 12.1. The smallest absolute Gasteiger partial charge is 0.330 e. The topological polar surface area (TPSA) is 47.6 Å². The molecule has 0 aromatic heterocycles. The Morgan fingerprint density at radius 3 is 2.68 bits per heavy atom. The summed E-state index contributed by atoms with van der Waals surface area (Å²) in [5.74, 6) is 2.67. The van der Waals surface area contributed by atoms with Crippen LogP contribution in [0.25, 0.3) is 0 Å². The Morgan fingerprint density at radius 2 is 2.16 bits per heavy atom. The molecular weight excluding hydrogens is 242 g/mol. The second-order valence-electron chi connectivity index (χ2n) is 4.38. The van der Waals surface area contributed by atoms with Crippen molar-refractivity contribution in [2.24, 2.45) is 0 Å². The summed E-state index contributed by atoms with van der Waals surface area (Å²) < 4.78 is 10.2. The van der Waals surface area contributed by atoms with E-state index in [1.807, 2.05) is 25.1 Å². The molecule has 1 aromatic carbocycles. The van der Waals surface area contributed by atoms with Crippen molar-refractivity contribution in [3.8, 4) is 18.1 Å².